The molecular weight excluding hydrogens is 391 g/mol. The summed E-state index contributed by atoms with van der Waals surface area (Å²) in [5.74, 6) is -1.01. The van der Waals surface area contributed by atoms with Crippen molar-refractivity contribution in [2.45, 2.75) is 24.1 Å². The van der Waals surface area contributed by atoms with E-state index in [0.717, 1.165) is 17.4 Å². The Hall–Kier alpha value is -1.52. The first-order chi connectivity index (χ1) is 11.6. The number of sulfonamides is 1. The second-order valence-corrected chi connectivity index (χ2v) is 8.97. The molecule has 0 fully saturated rings. The van der Waals surface area contributed by atoms with Gasteiger partial charge in [-0.2, -0.15) is 0 Å². The number of carbonyl (C=O) groups is 1. The van der Waals surface area contributed by atoms with Crippen LogP contribution >= 0.6 is 22.9 Å². The molecule has 1 heterocycles. The SMILES string of the molecule is Cc1cc(NC(=O)c2cc(S(=O)(=O)N[C@H](C)CO)sc2Cl)ccc1F. The Morgan fingerprint density at radius 3 is 2.68 bits per heavy atom. The van der Waals surface area contributed by atoms with Crippen LogP contribution in [0.4, 0.5) is 10.1 Å². The van der Waals surface area contributed by atoms with Gasteiger partial charge in [-0.1, -0.05) is 11.6 Å². The summed E-state index contributed by atoms with van der Waals surface area (Å²) < 4.78 is 39.8. The van der Waals surface area contributed by atoms with Crippen LogP contribution in [0.2, 0.25) is 4.34 Å². The summed E-state index contributed by atoms with van der Waals surface area (Å²) in [5.41, 5.74) is 0.716. The van der Waals surface area contributed by atoms with Gasteiger partial charge in [0.25, 0.3) is 5.91 Å². The summed E-state index contributed by atoms with van der Waals surface area (Å²) in [4.78, 5) is 12.3. The van der Waals surface area contributed by atoms with Crippen LogP contribution in [0.25, 0.3) is 0 Å². The highest BCUT2D eigenvalue weighted by atomic mass is 35.5. The van der Waals surface area contributed by atoms with Crippen molar-refractivity contribution in [2.24, 2.45) is 0 Å². The highest BCUT2D eigenvalue weighted by Gasteiger charge is 2.24. The van der Waals surface area contributed by atoms with Crippen LogP contribution in [-0.4, -0.2) is 32.1 Å². The minimum atomic E-state index is -3.90. The van der Waals surface area contributed by atoms with E-state index in [0.29, 0.717) is 11.3 Å². The third-order valence-electron chi connectivity index (χ3n) is 3.22. The Bertz CT molecular complexity index is 899. The lowest BCUT2D eigenvalue weighted by Crippen LogP contribution is -2.34. The predicted molar refractivity (Wildman–Crippen MR) is 95.3 cm³/mol. The molecular formula is C15H16ClFN2O4S2. The third kappa shape index (κ3) is 4.77. The van der Waals surface area contributed by atoms with E-state index >= 15 is 0 Å². The van der Waals surface area contributed by atoms with Gasteiger partial charge in [-0.05, 0) is 43.7 Å². The van der Waals surface area contributed by atoms with Crippen LogP contribution in [0.15, 0.2) is 28.5 Å². The first kappa shape index (κ1) is 19.8. The Kier molecular flexibility index (Phi) is 6.17. The van der Waals surface area contributed by atoms with Gasteiger partial charge in [0.1, 0.15) is 14.4 Å². The fourth-order valence-electron chi connectivity index (χ4n) is 1.92. The largest absolute Gasteiger partial charge is 0.395 e. The zero-order valence-electron chi connectivity index (χ0n) is 13.3. The molecule has 0 saturated carbocycles. The molecule has 0 saturated heterocycles. The minimum absolute atomic E-state index is 0.00774. The maximum absolute atomic E-state index is 13.3. The Labute approximate surface area is 153 Å². The molecule has 0 radical (unpaired) electrons. The number of aliphatic hydroxyl groups excluding tert-OH is 1. The molecule has 3 N–H and O–H groups in total. The van der Waals surface area contributed by atoms with Crippen LogP contribution < -0.4 is 10.0 Å². The number of carbonyl (C=O) groups excluding carboxylic acids is 1. The van der Waals surface area contributed by atoms with Crippen molar-refractivity contribution in [3.8, 4) is 0 Å². The molecule has 25 heavy (non-hydrogen) atoms. The summed E-state index contributed by atoms with van der Waals surface area (Å²) in [7, 11) is -3.90. The van der Waals surface area contributed by atoms with Crippen molar-refractivity contribution in [3.63, 3.8) is 0 Å². The maximum atomic E-state index is 13.3. The van der Waals surface area contributed by atoms with Gasteiger partial charge in [0.05, 0.1) is 12.2 Å². The standard InChI is InChI=1S/C15H16ClFN2O4S2/c1-8-5-10(3-4-12(8)17)18-15(21)11-6-13(24-14(11)16)25(22,23)19-9(2)7-20/h3-6,9,19-20H,7H2,1-2H3,(H,18,21)/t9-/m1/s1. The first-order valence-electron chi connectivity index (χ1n) is 7.14. The van der Waals surface area contributed by atoms with Crippen LogP contribution in [0, 0.1) is 12.7 Å². The van der Waals surface area contributed by atoms with E-state index in [1.807, 2.05) is 0 Å². The molecule has 0 bridgehead atoms. The lowest BCUT2D eigenvalue weighted by Gasteiger charge is -2.09. The number of thiophene rings is 1. The fraction of sp³-hybridized carbons (Fsp3) is 0.267. The molecule has 0 aliphatic carbocycles. The maximum Gasteiger partial charge on any atom is 0.258 e. The van der Waals surface area contributed by atoms with Gasteiger partial charge in [0.2, 0.25) is 10.0 Å². The molecule has 0 aliphatic rings. The van der Waals surface area contributed by atoms with Crippen LogP contribution in [0.5, 0.6) is 0 Å². The quantitative estimate of drug-likeness (QED) is 0.687. The number of hydrogen-bond donors (Lipinski definition) is 3. The normalized spacial score (nSPS) is 12.8. The number of rotatable bonds is 6. The smallest absolute Gasteiger partial charge is 0.258 e. The molecule has 1 aromatic heterocycles. The van der Waals surface area contributed by atoms with E-state index < -0.39 is 27.8 Å². The van der Waals surface area contributed by atoms with Gasteiger partial charge in [-0.3, -0.25) is 4.79 Å². The second-order valence-electron chi connectivity index (χ2n) is 5.38. The predicted octanol–water partition coefficient (Wildman–Crippen LogP) is 2.76. The van der Waals surface area contributed by atoms with Crippen molar-refractivity contribution in [2.75, 3.05) is 11.9 Å². The van der Waals surface area contributed by atoms with Crippen molar-refractivity contribution in [1.82, 2.24) is 4.72 Å². The summed E-state index contributed by atoms with van der Waals surface area (Å²) in [5, 5.41) is 11.5. The monoisotopic (exact) mass is 406 g/mol. The Morgan fingerprint density at radius 2 is 2.08 bits per heavy atom. The van der Waals surface area contributed by atoms with Crippen LogP contribution in [0.3, 0.4) is 0 Å². The van der Waals surface area contributed by atoms with E-state index in [1.54, 1.807) is 6.92 Å². The minimum Gasteiger partial charge on any atom is -0.395 e. The molecule has 10 heteroatoms. The summed E-state index contributed by atoms with van der Waals surface area (Å²) in [6.45, 7) is 2.69. The molecule has 2 rings (SSSR count). The molecule has 136 valence electrons. The van der Waals surface area contributed by atoms with E-state index in [2.05, 4.69) is 10.0 Å². The Morgan fingerprint density at radius 1 is 1.40 bits per heavy atom. The molecule has 1 atom stereocenters. The molecule has 1 amide bonds. The van der Waals surface area contributed by atoms with Gasteiger partial charge in [-0.25, -0.2) is 17.5 Å². The van der Waals surface area contributed by atoms with Gasteiger partial charge in [-0.15, -0.1) is 11.3 Å². The van der Waals surface area contributed by atoms with E-state index in [4.69, 9.17) is 16.7 Å². The average Bonchev–Trinajstić information content (AvgIpc) is 2.93. The number of anilines is 1. The molecule has 6 nitrogen and oxygen atoms in total. The zero-order chi connectivity index (χ0) is 18.8. The Balaban J connectivity index is 2.24. The summed E-state index contributed by atoms with van der Waals surface area (Å²) in [6.07, 6.45) is 0. The fourth-order valence-corrected chi connectivity index (χ4v) is 4.88. The van der Waals surface area contributed by atoms with Crippen molar-refractivity contribution < 1.29 is 22.7 Å². The van der Waals surface area contributed by atoms with Crippen LogP contribution in [-0.2, 0) is 10.0 Å². The number of aryl methyl sites for hydroxylation is 1. The van der Waals surface area contributed by atoms with Gasteiger partial charge >= 0.3 is 0 Å². The lowest BCUT2D eigenvalue weighted by atomic mass is 10.2. The van der Waals surface area contributed by atoms with Crippen molar-refractivity contribution in [1.29, 1.82) is 0 Å². The van der Waals surface area contributed by atoms with Gasteiger partial charge in [0.15, 0.2) is 0 Å². The lowest BCUT2D eigenvalue weighted by molar-refractivity contribution is 0.102. The average molecular weight is 407 g/mol. The van der Waals surface area contributed by atoms with E-state index in [9.17, 15) is 17.6 Å². The molecule has 0 unspecified atom stereocenters. The van der Waals surface area contributed by atoms with Gasteiger partial charge < -0.3 is 10.4 Å². The molecule has 0 aliphatic heterocycles. The number of amides is 1. The summed E-state index contributed by atoms with van der Waals surface area (Å²) in [6, 6.07) is 4.55. The number of nitrogens with one attached hydrogen (secondary N) is 2. The topological polar surface area (TPSA) is 95.5 Å². The molecule has 0 spiro atoms. The molecule has 2 aromatic rings. The van der Waals surface area contributed by atoms with Crippen molar-refractivity contribution in [3.05, 3.63) is 45.5 Å². The second kappa shape index (κ2) is 7.79. The molecule has 1 aromatic carbocycles. The third-order valence-corrected chi connectivity index (χ3v) is 6.64. The highest BCUT2D eigenvalue weighted by molar-refractivity contribution is 7.91. The number of aliphatic hydroxyl groups is 1. The first-order valence-corrected chi connectivity index (χ1v) is 9.82. The number of benzene rings is 1. The number of halogens is 2. The number of hydrogen-bond acceptors (Lipinski definition) is 5. The van der Waals surface area contributed by atoms with Crippen molar-refractivity contribution >= 4 is 44.6 Å². The zero-order valence-corrected chi connectivity index (χ0v) is 15.7. The highest BCUT2D eigenvalue weighted by Crippen LogP contribution is 2.31. The van der Waals surface area contributed by atoms with E-state index in [1.165, 1.54) is 25.1 Å². The summed E-state index contributed by atoms with van der Waals surface area (Å²) >= 11 is 6.73. The van der Waals surface area contributed by atoms with E-state index in [-0.39, 0.29) is 20.7 Å². The van der Waals surface area contributed by atoms with Crippen LogP contribution in [0.1, 0.15) is 22.8 Å². The van der Waals surface area contributed by atoms with Gasteiger partial charge in [0, 0.05) is 11.7 Å².